The predicted octanol–water partition coefficient (Wildman–Crippen LogP) is -0.284. The number of epoxide rings is 1. The van der Waals surface area contributed by atoms with Crippen molar-refractivity contribution in [2.75, 3.05) is 6.61 Å². The molecule has 5 heteroatoms. The van der Waals surface area contributed by atoms with Gasteiger partial charge in [0.25, 0.3) is 0 Å². The Morgan fingerprint density at radius 3 is 2.67 bits per heavy atom. The maximum Gasteiger partial charge on any atom is 0.220 e. The van der Waals surface area contributed by atoms with Crippen LogP contribution in [0.3, 0.4) is 0 Å². The molecule has 0 spiro atoms. The molecule has 1 unspecified atom stereocenters. The van der Waals surface area contributed by atoms with Crippen molar-refractivity contribution in [3.8, 4) is 0 Å². The average Bonchev–Trinajstić information content (AvgIpc) is 2.48. The van der Waals surface area contributed by atoms with Gasteiger partial charge in [-0.15, -0.1) is 12.6 Å². The first-order valence-corrected chi connectivity index (χ1v) is 3.15. The van der Waals surface area contributed by atoms with Crippen molar-refractivity contribution in [1.29, 1.82) is 0 Å². The van der Waals surface area contributed by atoms with Crippen LogP contribution < -0.4 is 5.32 Å². The van der Waals surface area contributed by atoms with Crippen molar-refractivity contribution in [2.45, 2.75) is 5.72 Å². The van der Waals surface area contributed by atoms with E-state index < -0.39 is 5.72 Å². The number of rotatable bonds is 2. The molecule has 0 aromatic heterocycles. The molecule has 0 aromatic rings. The molecule has 9 heavy (non-hydrogen) atoms. The van der Waals surface area contributed by atoms with Crippen LogP contribution in [-0.2, 0) is 9.53 Å². The van der Waals surface area contributed by atoms with Crippen LogP contribution in [0.1, 0.15) is 0 Å². The van der Waals surface area contributed by atoms with E-state index in [1.54, 1.807) is 0 Å². The molecule has 1 fully saturated rings. The molecule has 0 bridgehead atoms. The molecule has 1 aliphatic rings. The SMILES string of the molecule is O=CC1(NC(=S)S)CO1. The van der Waals surface area contributed by atoms with E-state index in [1.165, 1.54) is 0 Å². The highest BCUT2D eigenvalue weighted by molar-refractivity contribution is 8.11. The molecule has 1 aliphatic heterocycles. The Balaban J connectivity index is 2.42. The third-order valence-corrected chi connectivity index (χ3v) is 1.18. The molecule has 1 saturated heterocycles. The summed E-state index contributed by atoms with van der Waals surface area (Å²) < 4.78 is 5.02. The first-order chi connectivity index (χ1) is 4.18. The smallest absolute Gasteiger partial charge is 0.220 e. The van der Waals surface area contributed by atoms with Gasteiger partial charge in [-0.25, -0.2) is 0 Å². The second-order valence-electron chi connectivity index (χ2n) is 1.73. The Morgan fingerprint density at radius 1 is 2.00 bits per heavy atom. The second kappa shape index (κ2) is 2.24. The fraction of sp³-hybridized carbons (Fsp3) is 0.500. The third kappa shape index (κ3) is 1.64. The van der Waals surface area contributed by atoms with Gasteiger partial charge in [0, 0.05) is 0 Å². The van der Waals surface area contributed by atoms with Crippen LogP contribution in [-0.4, -0.2) is 22.9 Å². The lowest BCUT2D eigenvalue weighted by atomic mass is 10.4. The van der Waals surface area contributed by atoms with Gasteiger partial charge in [0.1, 0.15) is 10.9 Å². The Labute approximate surface area is 63.2 Å². The van der Waals surface area contributed by atoms with E-state index in [2.05, 4.69) is 30.2 Å². The fourth-order valence-electron chi connectivity index (χ4n) is 0.428. The van der Waals surface area contributed by atoms with Gasteiger partial charge in [-0.1, -0.05) is 12.2 Å². The minimum absolute atomic E-state index is 0.277. The standard InChI is InChI=1S/C4H5NO2S2/c6-1-4(2-7-4)5-3(8)9/h1H,2H2,(H2,5,8,9). The van der Waals surface area contributed by atoms with E-state index in [1.807, 2.05) is 0 Å². The molecule has 3 nitrogen and oxygen atoms in total. The first kappa shape index (κ1) is 6.98. The van der Waals surface area contributed by atoms with Gasteiger partial charge >= 0.3 is 0 Å². The topological polar surface area (TPSA) is 41.6 Å². The summed E-state index contributed by atoms with van der Waals surface area (Å²) in [4.78, 5) is 10.1. The monoisotopic (exact) mass is 163 g/mol. The highest BCUT2D eigenvalue weighted by Crippen LogP contribution is 2.20. The Bertz CT molecular complexity index is 155. The highest BCUT2D eigenvalue weighted by Gasteiger charge is 2.45. The largest absolute Gasteiger partial charge is 0.341 e. The second-order valence-corrected chi connectivity index (χ2v) is 2.88. The lowest BCUT2D eigenvalue weighted by Gasteiger charge is -2.03. The maximum atomic E-state index is 10.1. The van der Waals surface area contributed by atoms with Crippen LogP contribution >= 0.6 is 24.8 Å². The number of ether oxygens (including phenoxy) is 1. The van der Waals surface area contributed by atoms with Gasteiger partial charge in [-0.05, 0) is 0 Å². The number of nitrogens with one attached hydrogen (secondary N) is 1. The summed E-state index contributed by atoms with van der Waals surface area (Å²) in [6.45, 7) is 0.386. The minimum atomic E-state index is -0.834. The summed E-state index contributed by atoms with van der Waals surface area (Å²) in [5, 5.41) is 2.59. The minimum Gasteiger partial charge on any atom is -0.341 e. The summed E-state index contributed by atoms with van der Waals surface area (Å²) in [6.07, 6.45) is 0.676. The summed E-state index contributed by atoms with van der Waals surface area (Å²) >= 11 is 8.33. The van der Waals surface area contributed by atoms with Crippen LogP contribution in [0.25, 0.3) is 0 Å². The van der Waals surface area contributed by atoms with Crippen molar-refractivity contribution in [2.24, 2.45) is 0 Å². The van der Waals surface area contributed by atoms with Crippen molar-refractivity contribution in [3.63, 3.8) is 0 Å². The number of thiocarbonyl (C=S) groups is 1. The van der Waals surface area contributed by atoms with E-state index in [-0.39, 0.29) is 4.32 Å². The lowest BCUT2D eigenvalue weighted by molar-refractivity contribution is -0.112. The number of carbonyl (C=O) groups is 1. The number of aldehydes is 1. The predicted molar refractivity (Wildman–Crippen MR) is 39.5 cm³/mol. The number of thiol groups is 1. The van der Waals surface area contributed by atoms with Crippen molar-refractivity contribution >= 4 is 35.5 Å². The molecular formula is C4H5NO2S2. The van der Waals surface area contributed by atoms with Gasteiger partial charge in [-0.2, -0.15) is 0 Å². The molecule has 1 N–H and O–H groups in total. The van der Waals surface area contributed by atoms with Crippen molar-refractivity contribution in [3.05, 3.63) is 0 Å². The van der Waals surface area contributed by atoms with Gasteiger partial charge in [0.2, 0.25) is 5.72 Å². The lowest BCUT2D eigenvalue weighted by Crippen LogP contribution is -2.35. The zero-order chi connectivity index (χ0) is 6.91. The van der Waals surface area contributed by atoms with Gasteiger partial charge < -0.3 is 10.1 Å². The molecule has 0 radical (unpaired) electrons. The Morgan fingerprint density at radius 2 is 2.56 bits per heavy atom. The number of hydrogen-bond donors (Lipinski definition) is 2. The molecule has 50 valence electrons. The summed E-state index contributed by atoms with van der Waals surface area (Å²) in [7, 11) is 0. The first-order valence-electron chi connectivity index (χ1n) is 2.30. The average molecular weight is 163 g/mol. The summed E-state index contributed by atoms with van der Waals surface area (Å²) in [5.41, 5.74) is -0.834. The normalized spacial score (nSPS) is 31.2. The van der Waals surface area contributed by atoms with E-state index in [0.717, 1.165) is 0 Å². The van der Waals surface area contributed by atoms with Crippen LogP contribution in [0, 0.1) is 0 Å². The Hall–Kier alpha value is -0.130. The van der Waals surface area contributed by atoms with E-state index in [9.17, 15) is 4.79 Å². The van der Waals surface area contributed by atoms with Gasteiger partial charge in [-0.3, -0.25) is 4.79 Å². The fourth-order valence-corrected chi connectivity index (χ4v) is 0.790. The summed E-state index contributed by atoms with van der Waals surface area (Å²) in [5.74, 6) is 0. The van der Waals surface area contributed by atoms with E-state index >= 15 is 0 Å². The quantitative estimate of drug-likeness (QED) is 0.254. The molecule has 0 aromatic carbocycles. The van der Waals surface area contributed by atoms with Crippen LogP contribution in [0.5, 0.6) is 0 Å². The van der Waals surface area contributed by atoms with Crippen LogP contribution in [0.2, 0.25) is 0 Å². The van der Waals surface area contributed by atoms with Crippen molar-refractivity contribution < 1.29 is 9.53 Å². The van der Waals surface area contributed by atoms with E-state index in [0.29, 0.717) is 12.9 Å². The Kier molecular flexibility index (Phi) is 1.74. The molecule has 1 heterocycles. The maximum absolute atomic E-state index is 10.1. The zero-order valence-electron chi connectivity index (χ0n) is 4.46. The summed E-state index contributed by atoms with van der Waals surface area (Å²) in [6, 6.07) is 0. The molecule has 1 atom stereocenters. The van der Waals surface area contributed by atoms with Crippen LogP contribution in [0.4, 0.5) is 0 Å². The molecular weight excluding hydrogens is 158 g/mol. The molecule has 0 amide bonds. The highest BCUT2D eigenvalue weighted by atomic mass is 32.1. The third-order valence-electron chi connectivity index (χ3n) is 0.964. The molecule has 0 aliphatic carbocycles. The van der Waals surface area contributed by atoms with Gasteiger partial charge in [0.15, 0.2) is 6.29 Å². The number of hydrogen-bond acceptors (Lipinski definition) is 3. The van der Waals surface area contributed by atoms with Crippen LogP contribution in [0.15, 0.2) is 0 Å². The zero-order valence-corrected chi connectivity index (χ0v) is 6.17. The number of carbonyl (C=O) groups excluding carboxylic acids is 1. The van der Waals surface area contributed by atoms with Gasteiger partial charge in [0.05, 0.1) is 0 Å². The molecule has 1 rings (SSSR count). The van der Waals surface area contributed by atoms with Crippen molar-refractivity contribution in [1.82, 2.24) is 5.32 Å². The molecule has 0 saturated carbocycles. The van der Waals surface area contributed by atoms with E-state index in [4.69, 9.17) is 4.74 Å².